The number of rotatable bonds is 2. The quantitative estimate of drug-likeness (QED) is 0.461. The molecular formula is C9H4F12. The van der Waals surface area contributed by atoms with Gasteiger partial charge in [0.2, 0.25) is 0 Å². The highest BCUT2D eigenvalue weighted by Gasteiger charge is 2.44. The second-order valence-corrected chi connectivity index (χ2v) is 3.60. The van der Waals surface area contributed by atoms with E-state index in [1.54, 1.807) is 0 Å². The number of halogens is 12. The smallest absolute Gasteiger partial charge is 0.171 e. The first-order valence-electron chi connectivity index (χ1n) is 4.63. The monoisotopic (exact) mass is 340 g/mol. The van der Waals surface area contributed by atoms with Crippen LogP contribution in [0.25, 0.3) is 0 Å². The van der Waals surface area contributed by atoms with Crippen molar-refractivity contribution in [3.05, 3.63) is 23.3 Å². The average molecular weight is 340 g/mol. The van der Waals surface area contributed by atoms with Crippen molar-refractivity contribution >= 4 is 0 Å². The fourth-order valence-corrected chi connectivity index (χ4v) is 1.02. The third-order valence-electron chi connectivity index (χ3n) is 1.73. The van der Waals surface area contributed by atoms with Gasteiger partial charge in [-0.1, -0.05) is 0 Å². The molecule has 0 heterocycles. The molecule has 0 spiro atoms. The highest BCUT2D eigenvalue weighted by Crippen LogP contribution is 2.39. The summed E-state index contributed by atoms with van der Waals surface area (Å²) >= 11 is 0. The maximum atomic E-state index is 12.2. The van der Waals surface area contributed by atoms with Crippen LogP contribution in [-0.2, 0) is 0 Å². The Kier molecular flexibility index (Phi) is 5.42. The number of hydrogen-bond acceptors (Lipinski definition) is 0. The van der Waals surface area contributed by atoms with Gasteiger partial charge in [0, 0.05) is 11.6 Å². The molecule has 0 aromatic heterocycles. The average Bonchev–Trinajstić information content (AvgIpc) is 2.07. The molecule has 0 aliphatic heterocycles. The molecule has 124 valence electrons. The summed E-state index contributed by atoms with van der Waals surface area (Å²) in [6.45, 7) is 0. The van der Waals surface area contributed by atoms with Gasteiger partial charge in [-0.2, -0.15) is 52.7 Å². The van der Waals surface area contributed by atoms with Gasteiger partial charge >= 0.3 is 24.7 Å². The summed E-state index contributed by atoms with van der Waals surface area (Å²) in [4.78, 5) is 0. The van der Waals surface area contributed by atoms with Gasteiger partial charge < -0.3 is 0 Å². The molecule has 0 radical (unpaired) electrons. The molecular weight excluding hydrogens is 336 g/mol. The molecule has 0 aliphatic rings. The van der Waals surface area contributed by atoms with Crippen molar-refractivity contribution in [3.63, 3.8) is 0 Å². The lowest BCUT2D eigenvalue weighted by molar-refractivity contribution is -0.151. The summed E-state index contributed by atoms with van der Waals surface area (Å²) in [5.74, 6) is 0. The Morgan fingerprint density at radius 3 is 1.33 bits per heavy atom. The molecule has 0 nitrogen and oxygen atoms in total. The number of alkyl halides is 12. The molecule has 0 fully saturated rings. The van der Waals surface area contributed by atoms with E-state index in [9.17, 15) is 52.7 Å². The summed E-state index contributed by atoms with van der Waals surface area (Å²) in [5.41, 5.74) is -5.67. The van der Waals surface area contributed by atoms with Gasteiger partial charge in [-0.15, -0.1) is 0 Å². The standard InChI is InChI=1S/C9H4F12/c10-6(11,12)2-4(8(16,17)18)1-5(9(19,20)21)3-7(13,14)15/h1-2H,3H2. The molecule has 0 aromatic carbocycles. The van der Waals surface area contributed by atoms with Crippen LogP contribution in [0.5, 0.6) is 0 Å². The molecule has 0 saturated heterocycles. The van der Waals surface area contributed by atoms with Crippen LogP contribution in [0.2, 0.25) is 0 Å². The first-order chi connectivity index (χ1) is 8.92. The van der Waals surface area contributed by atoms with Crippen molar-refractivity contribution in [2.75, 3.05) is 0 Å². The zero-order valence-corrected chi connectivity index (χ0v) is 9.40. The summed E-state index contributed by atoms with van der Waals surface area (Å²) in [6, 6.07) is 0. The Labute approximate surface area is 108 Å². The molecule has 21 heavy (non-hydrogen) atoms. The van der Waals surface area contributed by atoms with Crippen LogP contribution in [0.15, 0.2) is 23.3 Å². The van der Waals surface area contributed by atoms with Crippen LogP contribution in [0.1, 0.15) is 6.42 Å². The summed E-state index contributed by atoms with van der Waals surface area (Å²) in [5, 5.41) is 0. The molecule has 0 atom stereocenters. The van der Waals surface area contributed by atoms with Gasteiger partial charge in [0.15, 0.2) is 0 Å². The minimum Gasteiger partial charge on any atom is -0.171 e. The number of allylic oxidation sites excluding steroid dienone is 4. The van der Waals surface area contributed by atoms with Crippen molar-refractivity contribution in [2.24, 2.45) is 0 Å². The van der Waals surface area contributed by atoms with E-state index in [4.69, 9.17) is 0 Å². The van der Waals surface area contributed by atoms with E-state index >= 15 is 0 Å². The largest absolute Gasteiger partial charge is 0.416 e. The normalized spacial score (nSPS) is 16.4. The van der Waals surface area contributed by atoms with Crippen molar-refractivity contribution in [1.29, 1.82) is 0 Å². The van der Waals surface area contributed by atoms with Gasteiger partial charge in [-0.05, 0) is 6.08 Å². The lowest BCUT2D eigenvalue weighted by Crippen LogP contribution is -2.22. The molecule has 0 rings (SSSR count). The summed E-state index contributed by atoms with van der Waals surface area (Å²) in [7, 11) is 0. The third-order valence-corrected chi connectivity index (χ3v) is 1.73. The van der Waals surface area contributed by atoms with Gasteiger partial charge in [-0.3, -0.25) is 0 Å². The first-order valence-corrected chi connectivity index (χ1v) is 4.63. The van der Waals surface area contributed by atoms with Crippen LogP contribution in [0.3, 0.4) is 0 Å². The lowest BCUT2D eigenvalue weighted by atomic mass is 10.1. The van der Waals surface area contributed by atoms with Crippen LogP contribution in [0, 0.1) is 0 Å². The van der Waals surface area contributed by atoms with Crippen molar-refractivity contribution in [1.82, 2.24) is 0 Å². The van der Waals surface area contributed by atoms with E-state index < -0.39 is 54.4 Å². The van der Waals surface area contributed by atoms with E-state index in [2.05, 4.69) is 0 Å². The molecule has 12 heteroatoms. The van der Waals surface area contributed by atoms with Crippen LogP contribution in [0.4, 0.5) is 52.7 Å². The molecule has 0 amide bonds. The molecule has 0 aliphatic carbocycles. The SMILES string of the molecule is FC(F)(F)C=C(C=C(CC(F)(F)F)C(F)(F)F)C(F)(F)F. The molecule has 0 N–H and O–H groups in total. The van der Waals surface area contributed by atoms with Gasteiger partial charge in [0.05, 0.1) is 12.0 Å². The first kappa shape index (κ1) is 19.6. The minimum atomic E-state index is -5.91. The number of hydrogen-bond donors (Lipinski definition) is 0. The van der Waals surface area contributed by atoms with Crippen LogP contribution < -0.4 is 0 Å². The predicted molar refractivity (Wildman–Crippen MR) is 45.0 cm³/mol. The van der Waals surface area contributed by atoms with E-state index in [1.807, 2.05) is 0 Å². The summed E-state index contributed by atoms with van der Waals surface area (Å²) < 4.78 is 144. The predicted octanol–water partition coefficient (Wildman–Crippen LogP) is 5.48. The summed E-state index contributed by atoms with van der Waals surface area (Å²) in [6.07, 6.45) is -28.6. The maximum absolute atomic E-state index is 12.2. The Morgan fingerprint density at radius 1 is 0.667 bits per heavy atom. The fourth-order valence-electron chi connectivity index (χ4n) is 1.02. The van der Waals surface area contributed by atoms with Crippen LogP contribution >= 0.6 is 0 Å². The minimum absolute atomic E-state index is 1.21. The second-order valence-electron chi connectivity index (χ2n) is 3.60. The lowest BCUT2D eigenvalue weighted by Gasteiger charge is -2.16. The van der Waals surface area contributed by atoms with Crippen molar-refractivity contribution < 1.29 is 52.7 Å². The Bertz CT molecular complexity index is 410. The fraction of sp³-hybridized carbons (Fsp3) is 0.556. The van der Waals surface area contributed by atoms with Crippen molar-refractivity contribution in [2.45, 2.75) is 31.1 Å². The maximum Gasteiger partial charge on any atom is 0.416 e. The van der Waals surface area contributed by atoms with E-state index in [-0.39, 0.29) is 0 Å². The van der Waals surface area contributed by atoms with E-state index in [0.717, 1.165) is 0 Å². The van der Waals surface area contributed by atoms with Gasteiger partial charge in [0.25, 0.3) is 0 Å². The van der Waals surface area contributed by atoms with Gasteiger partial charge in [-0.25, -0.2) is 0 Å². The van der Waals surface area contributed by atoms with Crippen molar-refractivity contribution in [3.8, 4) is 0 Å². The zero-order chi connectivity index (χ0) is 17.3. The van der Waals surface area contributed by atoms with Crippen LogP contribution in [-0.4, -0.2) is 24.7 Å². The zero-order valence-electron chi connectivity index (χ0n) is 9.40. The molecule has 0 aromatic rings. The highest BCUT2D eigenvalue weighted by atomic mass is 19.4. The van der Waals surface area contributed by atoms with E-state index in [0.29, 0.717) is 0 Å². The Hall–Kier alpha value is -1.36. The van der Waals surface area contributed by atoms with E-state index in [1.165, 1.54) is 0 Å². The molecule has 0 bridgehead atoms. The molecule has 0 saturated carbocycles. The molecule has 0 unspecified atom stereocenters. The second kappa shape index (κ2) is 5.79. The third kappa shape index (κ3) is 8.50. The highest BCUT2D eigenvalue weighted by molar-refractivity contribution is 5.31. The Balaban J connectivity index is 5.93. The van der Waals surface area contributed by atoms with Gasteiger partial charge in [0.1, 0.15) is 0 Å². The topological polar surface area (TPSA) is 0 Å². The Morgan fingerprint density at radius 2 is 1.10 bits per heavy atom.